The molecule has 0 spiro atoms. The van der Waals surface area contributed by atoms with Crippen molar-refractivity contribution in [2.75, 3.05) is 10.9 Å². The summed E-state index contributed by atoms with van der Waals surface area (Å²) in [6.45, 7) is 0. The largest absolute Gasteiger partial charge is 0.312 e. The van der Waals surface area contributed by atoms with Crippen molar-refractivity contribution in [3.63, 3.8) is 0 Å². The van der Waals surface area contributed by atoms with Crippen molar-refractivity contribution in [1.82, 2.24) is 19.5 Å². The molecular weight excluding hydrogens is 312 g/mol. The lowest BCUT2D eigenvalue weighted by Gasteiger charge is -2.12. The van der Waals surface area contributed by atoms with Gasteiger partial charge in [0.2, 0.25) is 5.95 Å². The lowest BCUT2D eigenvalue weighted by molar-refractivity contribution is 0.529. The first-order valence-electron chi connectivity index (χ1n) is 7.77. The third-order valence-corrected chi connectivity index (χ3v) is 4.55. The zero-order valence-corrected chi connectivity index (χ0v) is 13.3. The molecule has 0 amide bonds. The fraction of sp³-hybridized carbons (Fsp3) is 0.312. The average molecular weight is 329 g/mol. The van der Waals surface area contributed by atoms with Gasteiger partial charge >= 0.3 is 0 Å². The van der Waals surface area contributed by atoms with Crippen LogP contribution in [0.25, 0.3) is 11.2 Å². The molecule has 23 heavy (non-hydrogen) atoms. The van der Waals surface area contributed by atoms with E-state index < -0.39 is 0 Å². The van der Waals surface area contributed by atoms with Crippen LogP contribution in [0.2, 0.25) is 5.02 Å². The van der Waals surface area contributed by atoms with E-state index in [2.05, 4.69) is 30.4 Å². The summed E-state index contributed by atoms with van der Waals surface area (Å²) < 4.78 is 2.17. The number of rotatable bonds is 4. The molecule has 118 valence electrons. The SMILES string of the molecule is Clc1ccccc1NNc1ncc2ncn(C3CCCC3)c2n1. The van der Waals surface area contributed by atoms with Gasteiger partial charge in [-0.05, 0) is 25.0 Å². The first-order valence-corrected chi connectivity index (χ1v) is 8.15. The number of imidazole rings is 1. The van der Waals surface area contributed by atoms with Gasteiger partial charge in [0.15, 0.2) is 5.65 Å². The molecule has 0 aliphatic heterocycles. The second-order valence-corrected chi connectivity index (χ2v) is 6.13. The highest BCUT2D eigenvalue weighted by atomic mass is 35.5. The summed E-state index contributed by atoms with van der Waals surface area (Å²) in [7, 11) is 0. The van der Waals surface area contributed by atoms with Gasteiger partial charge in [0.25, 0.3) is 0 Å². The molecule has 7 heteroatoms. The van der Waals surface area contributed by atoms with E-state index in [-0.39, 0.29) is 0 Å². The molecule has 1 fully saturated rings. The Kier molecular flexibility index (Phi) is 3.75. The van der Waals surface area contributed by atoms with Crippen LogP contribution in [-0.4, -0.2) is 19.5 Å². The minimum absolute atomic E-state index is 0.497. The zero-order valence-electron chi connectivity index (χ0n) is 12.5. The normalized spacial score (nSPS) is 15.2. The summed E-state index contributed by atoms with van der Waals surface area (Å²) in [6.07, 6.45) is 8.54. The zero-order chi connectivity index (χ0) is 15.6. The maximum Gasteiger partial charge on any atom is 0.243 e. The van der Waals surface area contributed by atoms with Gasteiger partial charge in [0.05, 0.1) is 23.2 Å². The second-order valence-electron chi connectivity index (χ2n) is 5.72. The van der Waals surface area contributed by atoms with Crippen LogP contribution in [0.15, 0.2) is 36.8 Å². The molecule has 2 N–H and O–H groups in total. The van der Waals surface area contributed by atoms with Crippen LogP contribution in [-0.2, 0) is 0 Å². The van der Waals surface area contributed by atoms with Gasteiger partial charge in [-0.15, -0.1) is 0 Å². The molecule has 6 nitrogen and oxygen atoms in total. The summed E-state index contributed by atoms with van der Waals surface area (Å²) in [4.78, 5) is 13.3. The van der Waals surface area contributed by atoms with Crippen LogP contribution in [0.5, 0.6) is 0 Å². The van der Waals surface area contributed by atoms with Crippen LogP contribution in [0.1, 0.15) is 31.7 Å². The number of halogens is 1. The fourth-order valence-corrected chi connectivity index (χ4v) is 3.21. The van der Waals surface area contributed by atoms with Gasteiger partial charge in [-0.2, -0.15) is 4.98 Å². The Morgan fingerprint density at radius 2 is 1.91 bits per heavy atom. The van der Waals surface area contributed by atoms with Gasteiger partial charge in [0, 0.05) is 6.04 Å². The number of hydrogen-bond acceptors (Lipinski definition) is 5. The Balaban J connectivity index is 1.58. The van der Waals surface area contributed by atoms with Gasteiger partial charge in [-0.1, -0.05) is 36.6 Å². The molecule has 1 saturated carbocycles. The maximum absolute atomic E-state index is 6.12. The van der Waals surface area contributed by atoms with E-state index in [9.17, 15) is 0 Å². The standard InChI is InChI=1S/C16H17ClN6/c17-12-7-3-4-8-13(12)21-22-16-18-9-14-15(20-16)23(10-19-14)11-5-1-2-6-11/h3-4,7-11,21H,1-2,5-6H2,(H,18,20,22). The van der Waals surface area contributed by atoms with Gasteiger partial charge in [-0.3, -0.25) is 10.9 Å². The highest BCUT2D eigenvalue weighted by Crippen LogP contribution is 2.31. The smallest absolute Gasteiger partial charge is 0.243 e. The van der Waals surface area contributed by atoms with Crippen LogP contribution in [0, 0.1) is 0 Å². The van der Waals surface area contributed by atoms with Gasteiger partial charge in [-0.25, -0.2) is 9.97 Å². The first kappa shape index (κ1) is 14.3. The number of hydrazine groups is 1. The van der Waals surface area contributed by atoms with Crippen molar-refractivity contribution in [2.45, 2.75) is 31.7 Å². The highest BCUT2D eigenvalue weighted by molar-refractivity contribution is 6.33. The van der Waals surface area contributed by atoms with E-state index in [0.717, 1.165) is 16.9 Å². The molecule has 3 aromatic rings. The minimum Gasteiger partial charge on any atom is -0.312 e. The van der Waals surface area contributed by atoms with Crippen LogP contribution < -0.4 is 10.9 Å². The molecule has 0 unspecified atom stereocenters. The molecular formula is C16H17ClN6. The number of nitrogens with one attached hydrogen (secondary N) is 2. The molecule has 2 heterocycles. The Labute approximate surface area is 138 Å². The van der Waals surface area contributed by atoms with Crippen molar-refractivity contribution in [3.05, 3.63) is 41.8 Å². The molecule has 1 aromatic carbocycles. The Hall–Kier alpha value is -2.34. The Morgan fingerprint density at radius 1 is 1.09 bits per heavy atom. The van der Waals surface area contributed by atoms with Crippen molar-refractivity contribution < 1.29 is 0 Å². The number of aromatic nitrogens is 4. The molecule has 4 rings (SSSR count). The molecule has 1 aliphatic rings. The molecule has 0 bridgehead atoms. The third-order valence-electron chi connectivity index (χ3n) is 4.22. The lowest BCUT2D eigenvalue weighted by atomic mass is 10.2. The number of nitrogens with zero attached hydrogens (tertiary/aromatic N) is 4. The van der Waals surface area contributed by atoms with Crippen molar-refractivity contribution in [3.8, 4) is 0 Å². The van der Waals surface area contributed by atoms with Crippen LogP contribution in [0.4, 0.5) is 11.6 Å². The van der Waals surface area contributed by atoms with Crippen molar-refractivity contribution >= 4 is 34.4 Å². The summed E-state index contributed by atoms with van der Waals surface area (Å²) in [5, 5.41) is 0.636. The molecule has 0 radical (unpaired) electrons. The number of fused-ring (bicyclic) bond motifs is 1. The molecule has 2 aromatic heterocycles. The van der Waals surface area contributed by atoms with Gasteiger partial charge in [0.1, 0.15) is 5.52 Å². The Bertz CT molecular complexity index is 824. The van der Waals surface area contributed by atoms with Crippen molar-refractivity contribution in [2.24, 2.45) is 0 Å². The van der Waals surface area contributed by atoms with E-state index in [1.807, 2.05) is 30.6 Å². The monoisotopic (exact) mass is 328 g/mol. The number of hydrogen-bond donors (Lipinski definition) is 2. The van der Waals surface area contributed by atoms with Crippen LogP contribution in [0.3, 0.4) is 0 Å². The quantitative estimate of drug-likeness (QED) is 0.708. The molecule has 0 saturated heterocycles. The highest BCUT2D eigenvalue weighted by Gasteiger charge is 2.19. The predicted molar refractivity (Wildman–Crippen MR) is 91.5 cm³/mol. The maximum atomic E-state index is 6.12. The molecule has 1 aliphatic carbocycles. The van der Waals surface area contributed by atoms with Crippen molar-refractivity contribution in [1.29, 1.82) is 0 Å². The molecule has 0 atom stereocenters. The first-order chi connectivity index (χ1) is 11.3. The van der Waals surface area contributed by atoms with E-state index in [4.69, 9.17) is 11.6 Å². The number of para-hydroxylation sites is 1. The lowest BCUT2D eigenvalue weighted by Crippen LogP contribution is -2.12. The summed E-state index contributed by atoms with van der Waals surface area (Å²) in [5.74, 6) is 0.497. The van der Waals surface area contributed by atoms with E-state index in [1.165, 1.54) is 25.7 Å². The van der Waals surface area contributed by atoms with Gasteiger partial charge < -0.3 is 4.57 Å². The average Bonchev–Trinajstić information content (AvgIpc) is 3.22. The topological polar surface area (TPSA) is 67.7 Å². The Morgan fingerprint density at radius 3 is 2.74 bits per heavy atom. The van der Waals surface area contributed by atoms with Crippen LogP contribution >= 0.6 is 11.6 Å². The van der Waals surface area contributed by atoms with E-state index in [0.29, 0.717) is 17.0 Å². The summed E-state index contributed by atoms with van der Waals surface area (Å²) >= 11 is 6.12. The summed E-state index contributed by atoms with van der Waals surface area (Å²) in [6, 6.07) is 8.01. The minimum atomic E-state index is 0.497. The third kappa shape index (κ3) is 2.82. The number of anilines is 2. The van der Waals surface area contributed by atoms with E-state index >= 15 is 0 Å². The fourth-order valence-electron chi connectivity index (χ4n) is 3.02. The van der Waals surface area contributed by atoms with E-state index in [1.54, 1.807) is 6.20 Å². The second kappa shape index (κ2) is 6.04. The summed E-state index contributed by atoms with van der Waals surface area (Å²) in [5.41, 5.74) is 8.51. The number of benzene rings is 1. The predicted octanol–water partition coefficient (Wildman–Crippen LogP) is 4.03.